The van der Waals surface area contributed by atoms with E-state index >= 15 is 0 Å². The molecule has 0 aromatic heterocycles. The van der Waals surface area contributed by atoms with E-state index in [1.807, 2.05) is 13.8 Å². The van der Waals surface area contributed by atoms with Gasteiger partial charge in [-0.15, -0.1) is 5.10 Å². The monoisotopic (exact) mass is 360 g/mol. The molecule has 1 aliphatic rings. The molecule has 0 aromatic carbocycles. The molecule has 0 spiro atoms. The van der Waals surface area contributed by atoms with Gasteiger partial charge in [0.2, 0.25) is 0 Å². The Balaban J connectivity index is 2.49. The number of ether oxygens (including phenoxy) is 2. The number of hydrogen-bond donors (Lipinski definition) is 0. The van der Waals surface area contributed by atoms with Crippen molar-refractivity contribution >= 4 is 22.0 Å². The Kier molecular flexibility index (Phi) is 7.97. The predicted molar refractivity (Wildman–Crippen MR) is 88.6 cm³/mol. The van der Waals surface area contributed by atoms with E-state index in [0.29, 0.717) is 25.2 Å². The van der Waals surface area contributed by atoms with Crippen molar-refractivity contribution in [3.05, 3.63) is 18.0 Å². The summed E-state index contributed by atoms with van der Waals surface area (Å²) in [4.78, 5) is 11.9. The smallest absolute Gasteiger partial charge is 0.330 e. The van der Waals surface area contributed by atoms with Gasteiger partial charge in [-0.1, -0.05) is 13.8 Å². The minimum absolute atomic E-state index is 0.00765. The van der Waals surface area contributed by atoms with Gasteiger partial charge in [0.15, 0.2) is 6.04 Å². The molecule has 0 bridgehead atoms. The van der Waals surface area contributed by atoms with Gasteiger partial charge in [-0.3, -0.25) is 4.18 Å². The molecule has 24 heavy (non-hydrogen) atoms. The third-order valence-electron chi connectivity index (χ3n) is 3.10. The number of hydrazone groups is 1. The first-order chi connectivity index (χ1) is 11.2. The Morgan fingerprint density at radius 2 is 2.00 bits per heavy atom. The lowest BCUT2D eigenvalue weighted by atomic mass is 10.0. The van der Waals surface area contributed by atoms with Gasteiger partial charge in [0.05, 0.1) is 32.8 Å². The Hall–Kier alpha value is -1.83. The number of carbonyl (C=O) groups is 1. The summed E-state index contributed by atoms with van der Waals surface area (Å²) in [6, 6.07) is -0.557. The van der Waals surface area contributed by atoms with Crippen molar-refractivity contribution in [3.63, 3.8) is 0 Å². The molecule has 0 amide bonds. The summed E-state index contributed by atoms with van der Waals surface area (Å²) in [7, 11) is -2.06. The summed E-state index contributed by atoms with van der Waals surface area (Å²) in [6.45, 7) is 4.30. The molecule has 0 radical (unpaired) electrons. The van der Waals surface area contributed by atoms with Crippen LogP contribution in [0.25, 0.3) is 0 Å². The average molecular weight is 360 g/mol. The highest BCUT2D eigenvalue weighted by Gasteiger charge is 2.29. The van der Waals surface area contributed by atoms with E-state index in [1.165, 1.54) is 12.1 Å². The molecule has 136 valence electrons. The van der Waals surface area contributed by atoms with Crippen molar-refractivity contribution in [2.75, 3.05) is 26.6 Å². The predicted octanol–water partition coefficient (Wildman–Crippen LogP) is 1.25. The van der Waals surface area contributed by atoms with Gasteiger partial charge in [-0.25, -0.2) is 9.80 Å². The molecule has 1 atom stereocenters. The van der Waals surface area contributed by atoms with Gasteiger partial charge in [0.1, 0.15) is 5.76 Å². The van der Waals surface area contributed by atoms with Gasteiger partial charge in [0.25, 0.3) is 10.1 Å². The zero-order chi connectivity index (χ0) is 18.2. The van der Waals surface area contributed by atoms with Crippen LogP contribution in [0.1, 0.15) is 26.7 Å². The van der Waals surface area contributed by atoms with Crippen molar-refractivity contribution in [2.45, 2.75) is 32.7 Å². The largest absolute Gasteiger partial charge is 0.491 e. The molecule has 0 aromatic rings. The lowest BCUT2D eigenvalue weighted by Crippen LogP contribution is -2.40. The Morgan fingerprint density at radius 1 is 1.33 bits per heavy atom. The van der Waals surface area contributed by atoms with Crippen LogP contribution in [0.15, 0.2) is 23.1 Å². The van der Waals surface area contributed by atoms with Crippen molar-refractivity contribution in [1.29, 1.82) is 0 Å². The molecule has 1 aliphatic heterocycles. The number of rotatable bonds is 10. The SMILES string of the molecule is COC(=O)C(C(C)C)N1C=C(OCCCCOS(C)(=O)=O)C=C=N1. The van der Waals surface area contributed by atoms with E-state index in [1.54, 1.807) is 12.3 Å². The van der Waals surface area contributed by atoms with Crippen LogP contribution in [0.3, 0.4) is 0 Å². The van der Waals surface area contributed by atoms with Crippen LogP contribution in [0.4, 0.5) is 0 Å². The van der Waals surface area contributed by atoms with Crippen LogP contribution < -0.4 is 0 Å². The molecule has 1 unspecified atom stereocenters. The van der Waals surface area contributed by atoms with E-state index in [4.69, 9.17) is 9.47 Å². The lowest BCUT2D eigenvalue weighted by molar-refractivity contribution is -0.147. The summed E-state index contributed by atoms with van der Waals surface area (Å²) >= 11 is 0. The molecule has 9 heteroatoms. The van der Waals surface area contributed by atoms with E-state index in [0.717, 1.165) is 6.26 Å². The second kappa shape index (κ2) is 9.46. The van der Waals surface area contributed by atoms with E-state index in [2.05, 4.69) is 15.2 Å². The number of unbranched alkanes of at least 4 members (excludes halogenated alkanes) is 1. The lowest BCUT2D eigenvalue weighted by Gasteiger charge is -2.27. The summed E-state index contributed by atoms with van der Waals surface area (Å²) in [5.41, 5.74) is 0. The van der Waals surface area contributed by atoms with E-state index in [9.17, 15) is 13.2 Å². The molecule has 0 N–H and O–H groups in total. The molecule has 0 aliphatic carbocycles. The molecule has 0 saturated heterocycles. The maximum Gasteiger partial charge on any atom is 0.330 e. The van der Waals surface area contributed by atoms with Gasteiger partial charge >= 0.3 is 5.97 Å². The first-order valence-corrected chi connectivity index (χ1v) is 9.41. The molecular formula is C15H24N2O6S. The second-order valence-electron chi connectivity index (χ2n) is 5.58. The maximum atomic E-state index is 11.9. The number of esters is 1. The molecule has 8 nitrogen and oxygen atoms in total. The number of allylic oxidation sites excluding steroid dienone is 1. The van der Waals surface area contributed by atoms with Gasteiger partial charge in [0, 0.05) is 11.9 Å². The highest BCUT2D eigenvalue weighted by Crippen LogP contribution is 2.17. The molecule has 1 heterocycles. The summed E-state index contributed by atoms with van der Waals surface area (Å²) < 4.78 is 36.7. The number of nitrogens with zero attached hydrogens (tertiary/aromatic N) is 2. The number of methoxy groups -OCH3 is 1. The fourth-order valence-corrected chi connectivity index (χ4v) is 2.41. The summed E-state index contributed by atoms with van der Waals surface area (Å²) in [5.74, 6) is 2.82. The third-order valence-corrected chi connectivity index (χ3v) is 3.70. The summed E-state index contributed by atoms with van der Waals surface area (Å²) in [6.07, 6.45) is 5.38. The zero-order valence-corrected chi connectivity index (χ0v) is 15.2. The normalized spacial score (nSPS) is 15.4. The Morgan fingerprint density at radius 3 is 2.58 bits per heavy atom. The van der Waals surface area contributed by atoms with Crippen molar-refractivity contribution in [2.24, 2.45) is 11.0 Å². The van der Waals surface area contributed by atoms with Crippen LogP contribution in [0, 0.1) is 5.92 Å². The molecule has 1 rings (SSSR count). The zero-order valence-electron chi connectivity index (χ0n) is 14.4. The fraction of sp³-hybridized carbons (Fsp3) is 0.667. The van der Waals surface area contributed by atoms with Gasteiger partial charge in [-0.05, 0) is 18.8 Å². The van der Waals surface area contributed by atoms with Crippen LogP contribution in [-0.2, 0) is 28.6 Å². The first-order valence-electron chi connectivity index (χ1n) is 7.59. The topological polar surface area (TPSA) is 94.5 Å². The fourth-order valence-electron chi connectivity index (χ4n) is 1.99. The van der Waals surface area contributed by atoms with Crippen molar-refractivity contribution in [3.8, 4) is 0 Å². The van der Waals surface area contributed by atoms with Crippen LogP contribution in [-0.4, -0.2) is 57.9 Å². The Bertz CT molecular complexity index is 620. The molecule has 0 fully saturated rings. The van der Waals surface area contributed by atoms with Crippen molar-refractivity contribution < 1.29 is 26.9 Å². The first kappa shape index (κ1) is 20.2. The third kappa shape index (κ3) is 7.16. The van der Waals surface area contributed by atoms with E-state index < -0.39 is 16.2 Å². The maximum absolute atomic E-state index is 11.9. The van der Waals surface area contributed by atoms with Crippen LogP contribution >= 0.6 is 0 Å². The van der Waals surface area contributed by atoms with Crippen LogP contribution in [0.5, 0.6) is 0 Å². The van der Waals surface area contributed by atoms with Gasteiger partial charge < -0.3 is 9.47 Å². The molecular weight excluding hydrogens is 336 g/mol. The van der Waals surface area contributed by atoms with Crippen molar-refractivity contribution in [1.82, 2.24) is 5.01 Å². The summed E-state index contributed by atoms with van der Waals surface area (Å²) in [5, 5.41) is 5.51. The van der Waals surface area contributed by atoms with Crippen LogP contribution in [0.2, 0.25) is 0 Å². The second-order valence-corrected chi connectivity index (χ2v) is 7.22. The number of hydrogen-bond acceptors (Lipinski definition) is 8. The quantitative estimate of drug-likeness (QED) is 0.329. The minimum atomic E-state index is -3.40. The highest BCUT2D eigenvalue weighted by molar-refractivity contribution is 7.85. The minimum Gasteiger partial charge on any atom is -0.491 e. The van der Waals surface area contributed by atoms with E-state index in [-0.39, 0.29) is 18.5 Å². The van der Waals surface area contributed by atoms with Gasteiger partial charge in [-0.2, -0.15) is 8.42 Å². The Labute approximate surface area is 142 Å². The molecule has 0 saturated carbocycles. The standard InChI is InChI=1S/C15H24N2O6S/c1-12(2)14(15(18)21-3)17-11-13(7-8-16-17)22-9-5-6-10-23-24(4,19)20/h7,11-12,14H,5-6,9-10H2,1-4H3. The average Bonchev–Trinajstić information content (AvgIpc) is 2.49. The number of carbonyl (C=O) groups excluding carboxylic acids is 1. The highest BCUT2D eigenvalue weighted by atomic mass is 32.2.